The zero-order valence-corrected chi connectivity index (χ0v) is 20.9. The Balaban J connectivity index is 1.49. The molecule has 7 nitrogen and oxygen atoms in total. The lowest BCUT2D eigenvalue weighted by atomic mass is 10.1. The van der Waals surface area contributed by atoms with Gasteiger partial charge in [0.25, 0.3) is 5.91 Å². The predicted octanol–water partition coefficient (Wildman–Crippen LogP) is 4.73. The second kappa shape index (κ2) is 10.3. The third-order valence-corrected chi connectivity index (χ3v) is 7.12. The van der Waals surface area contributed by atoms with Gasteiger partial charge >= 0.3 is 0 Å². The van der Waals surface area contributed by atoms with Gasteiger partial charge in [0.15, 0.2) is 0 Å². The highest BCUT2D eigenvalue weighted by atomic mass is 35.5. The van der Waals surface area contributed by atoms with E-state index < -0.39 is 10.0 Å². The normalized spacial score (nSPS) is 11.3. The van der Waals surface area contributed by atoms with E-state index in [0.29, 0.717) is 28.4 Å². The zero-order valence-electron chi connectivity index (χ0n) is 19.3. The number of amides is 1. The molecule has 4 rings (SSSR count). The van der Waals surface area contributed by atoms with Crippen molar-refractivity contribution in [3.05, 3.63) is 113 Å². The fourth-order valence-corrected chi connectivity index (χ4v) is 4.84. The number of rotatable bonds is 8. The van der Waals surface area contributed by atoms with E-state index in [1.54, 1.807) is 54.7 Å². The van der Waals surface area contributed by atoms with Gasteiger partial charge in [0.1, 0.15) is 5.82 Å². The largest absolute Gasteiger partial charge is 0.348 e. The first kappa shape index (κ1) is 24.5. The lowest BCUT2D eigenvalue weighted by Gasteiger charge is -2.23. The Morgan fingerprint density at radius 3 is 2.29 bits per heavy atom. The summed E-state index contributed by atoms with van der Waals surface area (Å²) in [5.74, 6) is 0.595. The van der Waals surface area contributed by atoms with Crippen LogP contribution in [0.25, 0.3) is 5.69 Å². The van der Waals surface area contributed by atoms with Gasteiger partial charge in [0.05, 0.1) is 24.2 Å². The molecule has 0 spiro atoms. The Kier molecular flexibility index (Phi) is 7.23. The van der Waals surface area contributed by atoms with Gasteiger partial charge in [-0.3, -0.25) is 9.10 Å². The molecule has 35 heavy (non-hydrogen) atoms. The average molecular weight is 509 g/mol. The molecule has 4 aromatic rings. The van der Waals surface area contributed by atoms with Gasteiger partial charge < -0.3 is 9.88 Å². The Morgan fingerprint density at radius 2 is 1.66 bits per heavy atom. The quantitative estimate of drug-likeness (QED) is 0.373. The van der Waals surface area contributed by atoms with Crippen molar-refractivity contribution < 1.29 is 13.2 Å². The van der Waals surface area contributed by atoms with E-state index in [2.05, 4.69) is 10.3 Å². The summed E-state index contributed by atoms with van der Waals surface area (Å²) in [4.78, 5) is 17.1. The van der Waals surface area contributed by atoms with E-state index in [0.717, 1.165) is 23.3 Å². The highest BCUT2D eigenvalue weighted by Gasteiger charge is 2.19. The number of benzene rings is 3. The second-order valence-electron chi connectivity index (χ2n) is 8.06. The van der Waals surface area contributed by atoms with Crippen LogP contribution < -0.4 is 9.62 Å². The van der Waals surface area contributed by atoms with Crippen molar-refractivity contribution in [2.45, 2.75) is 20.0 Å². The summed E-state index contributed by atoms with van der Waals surface area (Å²) >= 11 is 6.23. The van der Waals surface area contributed by atoms with Crippen LogP contribution in [0.3, 0.4) is 0 Å². The van der Waals surface area contributed by atoms with Crippen LogP contribution in [-0.4, -0.2) is 30.1 Å². The highest BCUT2D eigenvalue weighted by Crippen LogP contribution is 2.24. The first-order valence-corrected chi connectivity index (χ1v) is 13.1. The first-order chi connectivity index (χ1) is 16.7. The number of hydrogen-bond acceptors (Lipinski definition) is 4. The van der Waals surface area contributed by atoms with Crippen molar-refractivity contribution in [2.24, 2.45) is 0 Å². The van der Waals surface area contributed by atoms with Gasteiger partial charge in [0, 0.05) is 29.5 Å². The summed E-state index contributed by atoms with van der Waals surface area (Å²) in [6.07, 6.45) is 4.76. The molecule has 180 valence electrons. The fourth-order valence-electron chi connectivity index (χ4n) is 3.77. The SMILES string of the molecule is Cc1nccn1-c1ccccc1CNC(=O)c1ccc(N(Cc2ccccc2Cl)S(C)(=O)=O)cc1. The van der Waals surface area contributed by atoms with Gasteiger partial charge in [-0.1, -0.05) is 48.0 Å². The lowest BCUT2D eigenvalue weighted by Crippen LogP contribution is -2.29. The molecule has 0 unspecified atom stereocenters. The minimum Gasteiger partial charge on any atom is -0.348 e. The molecule has 1 N–H and O–H groups in total. The minimum absolute atomic E-state index is 0.0918. The number of carbonyl (C=O) groups is 1. The van der Waals surface area contributed by atoms with Crippen LogP contribution in [0.1, 0.15) is 27.3 Å². The van der Waals surface area contributed by atoms with E-state index in [1.165, 1.54) is 4.31 Å². The number of hydrogen-bond donors (Lipinski definition) is 1. The first-order valence-electron chi connectivity index (χ1n) is 10.9. The molecule has 1 aromatic heterocycles. The molecule has 0 aliphatic heterocycles. The Hall–Kier alpha value is -3.62. The summed E-state index contributed by atoms with van der Waals surface area (Å²) in [5.41, 5.74) is 3.46. The van der Waals surface area contributed by atoms with Crippen molar-refractivity contribution in [1.29, 1.82) is 0 Å². The zero-order chi connectivity index (χ0) is 25.0. The van der Waals surface area contributed by atoms with Crippen LogP contribution in [0, 0.1) is 6.92 Å². The highest BCUT2D eigenvalue weighted by molar-refractivity contribution is 7.92. The number of anilines is 1. The summed E-state index contributed by atoms with van der Waals surface area (Å²) < 4.78 is 28.2. The molecule has 0 aliphatic carbocycles. The molecular weight excluding hydrogens is 484 g/mol. The van der Waals surface area contributed by atoms with E-state index in [-0.39, 0.29) is 12.5 Å². The molecular formula is C26H25ClN4O3S. The van der Waals surface area contributed by atoms with Crippen molar-refractivity contribution >= 4 is 33.2 Å². The van der Waals surface area contributed by atoms with Crippen LogP contribution in [0.2, 0.25) is 5.02 Å². The number of sulfonamides is 1. The van der Waals surface area contributed by atoms with Gasteiger partial charge in [-0.05, 0) is 54.4 Å². The fraction of sp³-hybridized carbons (Fsp3) is 0.154. The maximum atomic E-state index is 12.8. The molecule has 9 heteroatoms. The standard InChI is InChI=1S/C26H25ClN4O3S/c1-19-28-15-16-30(19)25-10-6-4-7-21(25)17-29-26(32)20-11-13-23(14-12-20)31(35(2,33)34)18-22-8-3-5-9-24(22)27/h3-16H,17-18H2,1-2H3,(H,29,32). The molecule has 0 atom stereocenters. The molecule has 0 aliphatic rings. The van der Waals surface area contributed by atoms with Gasteiger partial charge in [0.2, 0.25) is 10.0 Å². The summed E-state index contributed by atoms with van der Waals surface area (Å²) in [7, 11) is -3.58. The van der Waals surface area contributed by atoms with Gasteiger partial charge in [-0.25, -0.2) is 13.4 Å². The summed E-state index contributed by atoms with van der Waals surface area (Å²) in [6.45, 7) is 2.34. The van der Waals surface area contributed by atoms with Crippen molar-refractivity contribution in [3.8, 4) is 5.69 Å². The molecule has 3 aromatic carbocycles. The number of para-hydroxylation sites is 1. The van der Waals surface area contributed by atoms with Crippen LogP contribution in [0.15, 0.2) is 85.2 Å². The molecule has 0 bridgehead atoms. The van der Waals surface area contributed by atoms with Crippen LogP contribution in [0.4, 0.5) is 5.69 Å². The van der Waals surface area contributed by atoms with Gasteiger partial charge in [-0.15, -0.1) is 0 Å². The molecule has 0 fully saturated rings. The molecule has 0 saturated heterocycles. The number of nitrogens with one attached hydrogen (secondary N) is 1. The van der Waals surface area contributed by atoms with Crippen LogP contribution in [0.5, 0.6) is 0 Å². The maximum absolute atomic E-state index is 12.8. The lowest BCUT2D eigenvalue weighted by molar-refractivity contribution is 0.0951. The molecule has 0 saturated carbocycles. The number of halogens is 1. The predicted molar refractivity (Wildman–Crippen MR) is 138 cm³/mol. The van der Waals surface area contributed by atoms with Gasteiger partial charge in [-0.2, -0.15) is 0 Å². The van der Waals surface area contributed by atoms with Crippen molar-refractivity contribution in [1.82, 2.24) is 14.9 Å². The topological polar surface area (TPSA) is 84.3 Å². The Morgan fingerprint density at radius 1 is 1.00 bits per heavy atom. The van der Waals surface area contributed by atoms with Crippen molar-refractivity contribution in [2.75, 3.05) is 10.6 Å². The van der Waals surface area contributed by atoms with E-state index in [1.807, 2.05) is 42.0 Å². The average Bonchev–Trinajstić information content (AvgIpc) is 3.27. The molecule has 1 heterocycles. The minimum atomic E-state index is -3.58. The van der Waals surface area contributed by atoms with Crippen LogP contribution >= 0.6 is 11.6 Å². The third kappa shape index (κ3) is 5.72. The molecule has 1 amide bonds. The number of aromatic nitrogens is 2. The van der Waals surface area contributed by atoms with E-state index >= 15 is 0 Å². The maximum Gasteiger partial charge on any atom is 0.251 e. The van der Waals surface area contributed by atoms with Crippen LogP contribution in [-0.2, 0) is 23.1 Å². The second-order valence-corrected chi connectivity index (χ2v) is 10.4. The van der Waals surface area contributed by atoms with Crippen molar-refractivity contribution in [3.63, 3.8) is 0 Å². The monoisotopic (exact) mass is 508 g/mol. The van der Waals surface area contributed by atoms with E-state index in [4.69, 9.17) is 11.6 Å². The number of carbonyl (C=O) groups excluding carboxylic acids is 1. The van der Waals surface area contributed by atoms with E-state index in [9.17, 15) is 13.2 Å². The number of aryl methyl sites for hydroxylation is 1. The Labute approximate surface area is 210 Å². The summed E-state index contributed by atoms with van der Waals surface area (Å²) in [5, 5.41) is 3.43. The number of imidazole rings is 1. The smallest absolute Gasteiger partial charge is 0.251 e. The third-order valence-electron chi connectivity index (χ3n) is 5.61. The molecule has 0 radical (unpaired) electrons. The summed E-state index contributed by atoms with van der Waals surface area (Å²) in [6, 6.07) is 21.4. The Bertz CT molecular complexity index is 1450. The number of nitrogens with zero attached hydrogens (tertiary/aromatic N) is 3.